The standard InChI is InChI=1S/C18H22FN5O3/c1-4-16(25)22-13-5-6-14(19)15(10-13)23-17(26)20-7-8-24-12(3)9-11(2)21-18(24)27/h5-6,9-10H,4,7-8H2,1-3H3,(H,22,25)(H2,20,23,26). The van der Waals surface area contributed by atoms with Crippen LogP contribution in [-0.4, -0.2) is 28.0 Å². The number of rotatable bonds is 6. The summed E-state index contributed by atoms with van der Waals surface area (Å²) in [5, 5.41) is 7.53. The Bertz CT molecular complexity index is 910. The molecule has 0 aliphatic carbocycles. The monoisotopic (exact) mass is 375 g/mol. The molecule has 9 heteroatoms. The fourth-order valence-electron chi connectivity index (χ4n) is 2.44. The number of carbonyl (C=O) groups is 2. The highest BCUT2D eigenvalue weighted by molar-refractivity contribution is 5.93. The molecule has 144 valence electrons. The van der Waals surface area contributed by atoms with Crippen LogP contribution in [0.25, 0.3) is 0 Å². The largest absolute Gasteiger partial charge is 0.348 e. The Morgan fingerprint density at radius 2 is 1.93 bits per heavy atom. The minimum atomic E-state index is -0.630. The fourth-order valence-corrected chi connectivity index (χ4v) is 2.44. The van der Waals surface area contributed by atoms with Gasteiger partial charge in [0.15, 0.2) is 0 Å². The van der Waals surface area contributed by atoms with Crippen molar-refractivity contribution in [3.8, 4) is 0 Å². The highest BCUT2D eigenvalue weighted by atomic mass is 19.1. The number of amides is 3. The van der Waals surface area contributed by atoms with E-state index in [1.807, 2.05) is 0 Å². The lowest BCUT2D eigenvalue weighted by molar-refractivity contribution is -0.115. The van der Waals surface area contributed by atoms with Gasteiger partial charge in [0.05, 0.1) is 5.69 Å². The number of aryl methyl sites for hydroxylation is 2. The highest BCUT2D eigenvalue weighted by Gasteiger charge is 2.09. The van der Waals surface area contributed by atoms with Gasteiger partial charge in [0.1, 0.15) is 5.82 Å². The van der Waals surface area contributed by atoms with E-state index in [0.29, 0.717) is 11.4 Å². The van der Waals surface area contributed by atoms with Gasteiger partial charge in [-0.3, -0.25) is 9.36 Å². The van der Waals surface area contributed by atoms with E-state index >= 15 is 0 Å². The lowest BCUT2D eigenvalue weighted by Crippen LogP contribution is -2.35. The molecule has 2 aromatic rings. The maximum atomic E-state index is 13.9. The van der Waals surface area contributed by atoms with E-state index in [2.05, 4.69) is 20.9 Å². The van der Waals surface area contributed by atoms with E-state index < -0.39 is 11.8 Å². The Balaban J connectivity index is 1.95. The van der Waals surface area contributed by atoms with Crippen LogP contribution in [0.1, 0.15) is 24.7 Å². The summed E-state index contributed by atoms with van der Waals surface area (Å²) in [7, 11) is 0. The maximum absolute atomic E-state index is 13.9. The molecule has 3 amide bonds. The second kappa shape index (κ2) is 8.93. The van der Waals surface area contributed by atoms with E-state index in [0.717, 1.165) is 11.8 Å². The second-order valence-electron chi connectivity index (χ2n) is 5.95. The molecule has 3 N–H and O–H groups in total. The highest BCUT2D eigenvalue weighted by Crippen LogP contribution is 2.19. The zero-order valence-electron chi connectivity index (χ0n) is 15.4. The first-order chi connectivity index (χ1) is 12.8. The van der Waals surface area contributed by atoms with Crippen LogP contribution in [0.15, 0.2) is 29.1 Å². The van der Waals surface area contributed by atoms with E-state index in [4.69, 9.17) is 0 Å². The van der Waals surface area contributed by atoms with Crippen molar-refractivity contribution in [1.29, 1.82) is 0 Å². The summed E-state index contributed by atoms with van der Waals surface area (Å²) in [6.07, 6.45) is 0.285. The van der Waals surface area contributed by atoms with E-state index in [1.54, 1.807) is 26.8 Å². The molecular weight excluding hydrogens is 353 g/mol. The number of anilines is 2. The van der Waals surface area contributed by atoms with E-state index in [-0.39, 0.29) is 36.8 Å². The molecule has 0 aliphatic heterocycles. The smallest absolute Gasteiger partial charge is 0.336 e. The first-order valence-electron chi connectivity index (χ1n) is 8.49. The molecule has 0 saturated heterocycles. The summed E-state index contributed by atoms with van der Waals surface area (Å²) in [5.74, 6) is -0.848. The van der Waals surface area contributed by atoms with Crippen molar-refractivity contribution < 1.29 is 14.0 Å². The summed E-state index contributed by atoms with van der Waals surface area (Å²) in [5.41, 5.74) is 1.29. The number of hydrogen-bond acceptors (Lipinski definition) is 4. The Morgan fingerprint density at radius 1 is 1.19 bits per heavy atom. The molecule has 1 aromatic carbocycles. The maximum Gasteiger partial charge on any atom is 0.348 e. The van der Waals surface area contributed by atoms with Gasteiger partial charge in [-0.1, -0.05) is 6.92 Å². The Labute approximate surface area is 155 Å². The normalized spacial score (nSPS) is 10.4. The second-order valence-corrected chi connectivity index (χ2v) is 5.95. The lowest BCUT2D eigenvalue weighted by atomic mass is 10.2. The van der Waals surface area contributed by atoms with Gasteiger partial charge in [-0.05, 0) is 38.1 Å². The molecule has 27 heavy (non-hydrogen) atoms. The number of halogens is 1. The van der Waals surface area contributed by atoms with Gasteiger partial charge in [-0.25, -0.2) is 14.0 Å². The van der Waals surface area contributed by atoms with Gasteiger partial charge in [-0.2, -0.15) is 4.98 Å². The van der Waals surface area contributed by atoms with Crippen LogP contribution in [0.2, 0.25) is 0 Å². The number of urea groups is 1. The van der Waals surface area contributed by atoms with Gasteiger partial charge in [-0.15, -0.1) is 0 Å². The van der Waals surface area contributed by atoms with Crippen LogP contribution in [-0.2, 0) is 11.3 Å². The minimum Gasteiger partial charge on any atom is -0.336 e. The summed E-state index contributed by atoms with van der Waals surface area (Å²) in [6.45, 7) is 5.60. The number of benzene rings is 1. The summed E-state index contributed by atoms with van der Waals surface area (Å²) < 4.78 is 15.3. The van der Waals surface area contributed by atoms with Gasteiger partial charge in [0.2, 0.25) is 5.91 Å². The van der Waals surface area contributed by atoms with Crippen molar-refractivity contribution in [1.82, 2.24) is 14.9 Å². The summed E-state index contributed by atoms with van der Waals surface area (Å²) in [4.78, 5) is 39.1. The van der Waals surface area contributed by atoms with Crippen molar-refractivity contribution in [2.45, 2.75) is 33.7 Å². The number of carbonyl (C=O) groups excluding carboxylic acids is 2. The first-order valence-corrected chi connectivity index (χ1v) is 8.49. The molecule has 0 bridgehead atoms. The van der Waals surface area contributed by atoms with Crippen molar-refractivity contribution in [3.63, 3.8) is 0 Å². The van der Waals surface area contributed by atoms with Gasteiger partial charge < -0.3 is 16.0 Å². The lowest BCUT2D eigenvalue weighted by Gasteiger charge is -2.12. The van der Waals surface area contributed by atoms with Crippen LogP contribution in [0.5, 0.6) is 0 Å². The Hall–Kier alpha value is -3.23. The van der Waals surface area contributed by atoms with E-state index in [9.17, 15) is 18.8 Å². The molecule has 2 rings (SSSR count). The molecular formula is C18H22FN5O3. The van der Waals surface area contributed by atoms with Crippen molar-refractivity contribution in [2.24, 2.45) is 0 Å². The molecule has 0 spiro atoms. The van der Waals surface area contributed by atoms with Crippen LogP contribution >= 0.6 is 0 Å². The molecule has 0 saturated carbocycles. The minimum absolute atomic E-state index is 0.0632. The zero-order valence-corrected chi connectivity index (χ0v) is 15.4. The molecule has 0 unspecified atom stereocenters. The van der Waals surface area contributed by atoms with Gasteiger partial charge >= 0.3 is 11.7 Å². The molecule has 8 nitrogen and oxygen atoms in total. The predicted molar refractivity (Wildman–Crippen MR) is 100 cm³/mol. The molecule has 1 heterocycles. The van der Waals surface area contributed by atoms with Crippen molar-refractivity contribution >= 4 is 23.3 Å². The van der Waals surface area contributed by atoms with Crippen LogP contribution < -0.4 is 21.6 Å². The van der Waals surface area contributed by atoms with Crippen LogP contribution in [0.4, 0.5) is 20.6 Å². The quantitative estimate of drug-likeness (QED) is 0.719. The average Bonchev–Trinajstić information content (AvgIpc) is 2.60. The number of nitrogens with one attached hydrogen (secondary N) is 3. The first kappa shape index (κ1) is 20.1. The number of aromatic nitrogens is 2. The number of nitrogens with zero attached hydrogens (tertiary/aromatic N) is 2. The molecule has 0 aliphatic rings. The third kappa shape index (κ3) is 5.63. The predicted octanol–water partition coefficient (Wildman–Crippen LogP) is 2.17. The Morgan fingerprint density at radius 3 is 2.59 bits per heavy atom. The van der Waals surface area contributed by atoms with E-state index in [1.165, 1.54) is 16.7 Å². The third-order valence-corrected chi connectivity index (χ3v) is 3.79. The molecule has 0 fully saturated rings. The SMILES string of the molecule is CCC(=O)Nc1ccc(F)c(NC(=O)NCCn2c(C)cc(C)nc2=O)c1. The average molecular weight is 375 g/mol. The van der Waals surface area contributed by atoms with Crippen LogP contribution in [0.3, 0.4) is 0 Å². The summed E-state index contributed by atoms with van der Waals surface area (Å²) >= 11 is 0. The molecule has 1 aromatic heterocycles. The van der Waals surface area contributed by atoms with Crippen LogP contribution in [0, 0.1) is 19.7 Å². The molecule has 0 atom stereocenters. The zero-order chi connectivity index (χ0) is 20.0. The number of hydrogen-bond donors (Lipinski definition) is 3. The van der Waals surface area contributed by atoms with Gasteiger partial charge in [0, 0.05) is 36.6 Å². The fraction of sp³-hybridized carbons (Fsp3) is 0.333. The third-order valence-electron chi connectivity index (χ3n) is 3.79. The molecule has 0 radical (unpaired) electrons. The van der Waals surface area contributed by atoms with Gasteiger partial charge in [0.25, 0.3) is 0 Å². The van der Waals surface area contributed by atoms with Crippen molar-refractivity contribution in [2.75, 3.05) is 17.2 Å². The Kier molecular flexibility index (Phi) is 6.64. The van der Waals surface area contributed by atoms with Crippen molar-refractivity contribution in [3.05, 3.63) is 52.0 Å². The topological polar surface area (TPSA) is 105 Å². The summed E-state index contributed by atoms with van der Waals surface area (Å²) in [6, 6.07) is 5.04.